The van der Waals surface area contributed by atoms with E-state index in [1.807, 2.05) is 6.92 Å². The summed E-state index contributed by atoms with van der Waals surface area (Å²) in [6, 6.07) is 0. The highest BCUT2D eigenvalue weighted by Crippen LogP contribution is 2.17. The number of nitrogens with zero attached hydrogens (tertiary/aromatic N) is 3. The van der Waals surface area contributed by atoms with Crippen LogP contribution in [0.3, 0.4) is 0 Å². The molecule has 92 valence electrons. The van der Waals surface area contributed by atoms with Crippen LogP contribution in [0.2, 0.25) is 0 Å². The minimum Gasteiger partial charge on any atom is -0.411 e. The number of oxime groups is 1. The molecule has 1 fully saturated rings. The van der Waals surface area contributed by atoms with Crippen molar-refractivity contribution < 1.29 is 14.5 Å². The van der Waals surface area contributed by atoms with E-state index in [1.165, 1.54) is 6.20 Å². The summed E-state index contributed by atoms with van der Waals surface area (Å²) in [6.45, 7) is 4.78. The van der Waals surface area contributed by atoms with Gasteiger partial charge in [0.05, 0.1) is 11.9 Å². The van der Waals surface area contributed by atoms with E-state index in [-0.39, 0.29) is 11.8 Å². The molecule has 1 aromatic heterocycles. The number of carbonyl (C=O) groups excluding carboxylic acids is 1. The quantitative estimate of drug-likeness (QED) is 0.589. The lowest BCUT2D eigenvalue weighted by molar-refractivity contribution is 0.0732. The fraction of sp³-hybridized carbons (Fsp3) is 0.545. The smallest absolute Gasteiger partial charge is 0.259 e. The van der Waals surface area contributed by atoms with Gasteiger partial charge in [-0.2, -0.15) is 0 Å². The van der Waals surface area contributed by atoms with Crippen LogP contribution in [0.25, 0.3) is 0 Å². The molecule has 1 aliphatic rings. The van der Waals surface area contributed by atoms with Gasteiger partial charge in [-0.25, -0.2) is 0 Å². The number of amides is 1. The summed E-state index contributed by atoms with van der Waals surface area (Å²) >= 11 is 0. The molecule has 2 heterocycles. The third kappa shape index (κ3) is 2.15. The van der Waals surface area contributed by atoms with Crippen LogP contribution in [-0.4, -0.2) is 40.0 Å². The van der Waals surface area contributed by atoms with Gasteiger partial charge in [0.25, 0.3) is 5.91 Å². The molecule has 6 nitrogen and oxygen atoms in total. The summed E-state index contributed by atoms with van der Waals surface area (Å²) in [4.78, 5) is 13.9. The fourth-order valence-electron chi connectivity index (χ4n) is 2.03. The van der Waals surface area contributed by atoms with Crippen molar-refractivity contribution in [3.63, 3.8) is 0 Å². The van der Waals surface area contributed by atoms with Crippen molar-refractivity contribution in [3.05, 3.63) is 17.5 Å². The van der Waals surface area contributed by atoms with Gasteiger partial charge in [-0.05, 0) is 6.92 Å². The third-order valence-corrected chi connectivity index (χ3v) is 3.10. The zero-order valence-corrected chi connectivity index (χ0v) is 9.88. The molecule has 0 saturated carbocycles. The second-order valence-corrected chi connectivity index (χ2v) is 4.29. The molecule has 17 heavy (non-hydrogen) atoms. The molecule has 1 aliphatic heterocycles. The van der Waals surface area contributed by atoms with E-state index in [1.54, 1.807) is 11.8 Å². The first kappa shape index (κ1) is 11.6. The molecule has 1 N–H and O–H groups in total. The van der Waals surface area contributed by atoms with E-state index >= 15 is 0 Å². The maximum absolute atomic E-state index is 12.1. The van der Waals surface area contributed by atoms with E-state index in [9.17, 15) is 4.79 Å². The van der Waals surface area contributed by atoms with Crippen LogP contribution < -0.4 is 0 Å². The van der Waals surface area contributed by atoms with Crippen LogP contribution in [0.4, 0.5) is 0 Å². The van der Waals surface area contributed by atoms with Crippen molar-refractivity contribution in [1.82, 2.24) is 10.1 Å². The molecule has 6 heteroatoms. The van der Waals surface area contributed by atoms with Crippen molar-refractivity contribution in [2.75, 3.05) is 13.1 Å². The highest BCUT2D eigenvalue weighted by atomic mass is 16.5. The summed E-state index contributed by atoms with van der Waals surface area (Å²) in [5.41, 5.74) is 1.25. The minimum atomic E-state index is -0.0763. The van der Waals surface area contributed by atoms with Gasteiger partial charge in [0.2, 0.25) is 0 Å². The first-order chi connectivity index (χ1) is 8.13. The first-order valence-electron chi connectivity index (χ1n) is 5.55. The molecule has 0 aliphatic carbocycles. The summed E-state index contributed by atoms with van der Waals surface area (Å²) in [5, 5.41) is 15.6. The van der Waals surface area contributed by atoms with Crippen molar-refractivity contribution >= 4 is 11.6 Å². The Morgan fingerprint density at radius 2 is 2.47 bits per heavy atom. The van der Waals surface area contributed by atoms with Gasteiger partial charge in [-0.3, -0.25) is 4.79 Å². The van der Waals surface area contributed by atoms with Gasteiger partial charge in [-0.15, -0.1) is 0 Å². The number of hydrogen-bond acceptors (Lipinski definition) is 5. The summed E-state index contributed by atoms with van der Waals surface area (Å²) in [7, 11) is 0. The summed E-state index contributed by atoms with van der Waals surface area (Å²) in [5.74, 6) is 0.537. The maximum atomic E-state index is 12.1. The lowest BCUT2D eigenvalue weighted by Crippen LogP contribution is -2.43. The van der Waals surface area contributed by atoms with Gasteiger partial charge in [0.1, 0.15) is 11.3 Å². The summed E-state index contributed by atoms with van der Waals surface area (Å²) < 4.78 is 4.88. The Morgan fingerprint density at radius 3 is 3.00 bits per heavy atom. The SMILES string of the molecule is Cc1oncc1C(=O)N1CCC(=NO)C(C)C1. The van der Waals surface area contributed by atoms with Crippen LogP contribution in [-0.2, 0) is 0 Å². The molecular weight excluding hydrogens is 222 g/mol. The normalized spacial score (nSPS) is 23.1. The molecule has 1 aromatic rings. The molecule has 0 aromatic carbocycles. The van der Waals surface area contributed by atoms with Crippen LogP contribution in [0.15, 0.2) is 15.9 Å². The number of aryl methyl sites for hydroxylation is 1. The van der Waals surface area contributed by atoms with Crippen LogP contribution in [0, 0.1) is 12.8 Å². The Balaban J connectivity index is 2.11. The maximum Gasteiger partial charge on any atom is 0.259 e. The van der Waals surface area contributed by atoms with Crippen LogP contribution in [0.1, 0.15) is 29.5 Å². The third-order valence-electron chi connectivity index (χ3n) is 3.10. The predicted octanol–water partition coefficient (Wildman–Crippen LogP) is 1.30. The number of rotatable bonds is 1. The molecule has 1 unspecified atom stereocenters. The standard InChI is InChI=1S/C11H15N3O3/c1-7-6-14(4-3-10(7)13-16)11(15)9-5-12-17-8(9)2/h5,7,16H,3-4,6H2,1-2H3. The molecule has 1 saturated heterocycles. The van der Waals surface area contributed by atoms with Crippen molar-refractivity contribution in [2.24, 2.45) is 11.1 Å². The van der Waals surface area contributed by atoms with Crippen LogP contribution >= 0.6 is 0 Å². The zero-order chi connectivity index (χ0) is 12.4. The Hall–Kier alpha value is -1.85. The number of aromatic nitrogens is 1. The van der Waals surface area contributed by atoms with Gasteiger partial charge in [0, 0.05) is 25.4 Å². The summed E-state index contributed by atoms with van der Waals surface area (Å²) in [6.07, 6.45) is 2.05. The highest BCUT2D eigenvalue weighted by Gasteiger charge is 2.28. The largest absolute Gasteiger partial charge is 0.411 e. The average molecular weight is 237 g/mol. The molecule has 0 spiro atoms. The molecule has 0 radical (unpaired) electrons. The van der Waals surface area contributed by atoms with Crippen molar-refractivity contribution in [2.45, 2.75) is 20.3 Å². The number of hydrogen-bond donors (Lipinski definition) is 1. The zero-order valence-electron chi connectivity index (χ0n) is 9.88. The second kappa shape index (κ2) is 4.57. The Morgan fingerprint density at radius 1 is 1.71 bits per heavy atom. The van der Waals surface area contributed by atoms with E-state index in [2.05, 4.69) is 10.3 Å². The van der Waals surface area contributed by atoms with Crippen molar-refractivity contribution in [3.8, 4) is 0 Å². The number of likely N-dealkylation sites (tertiary alicyclic amines) is 1. The molecule has 1 amide bonds. The molecule has 0 bridgehead atoms. The van der Waals surface area contributed by atoms with Gasteiger partial charge in [-0.1, -0.05) is 17.2 Å². The Bertz CT molecular complexity index is 453. The molecule has 2 rings (SSSR count). The lowest BCUT2D eigenvalue weighted by Gasteiger charge is -2.31. The molecular formula is C11H15N3O3. The fourth-order valence-corrected chi connectivity index (χ4v) is 2.03. The van der Waals surface area contributed by atoms with E-state index in [0.29, 0.717) is 30.8 Å². The van der Waals surface area contributed by atoms with Gasteiger partial charge in [0.15, 0.2) is 0 Å². The Labute approximate surface area is 98.9 Å². The lowest BCUT2D eigenvalue weighted by atomic mass is 9.97. The number of piperidine rings is 1. The topological polar surface area (TPSA) is 78.9 Å². The van der Waals surface area contributed by atoms with E-state index < -0.39 is 0 Å². The molecule has 1 atom stereocenters. The number of carbonyl (C=O) groups is 1. The minimum absolute atomic E-state index is 0.0763. The van der Waals surface area contributed by atoms with Crippen LogP contribution in [0.5, 0.6) is 0 Å². The predicted molar refractivity (Wildman–Crippen MR) is 60.1 cm³/mol. The van der Waals surface area contributed by atoms with Gasteiger partial charge < -0.3 is 14.6 Å². The average Bonchev–Trinajstić information content (AvgIpc) is 2.74. The van der Waals surface area contributed by atoms with Gasteiger partial charge >= 0.3 is 0 Å². The monoisotopic (exact) mass is 237 g/mol. The van der Waals surface area contributed by atoms with Crippen molar-refractivity contribution in [1.29, 1.82) is 0 Å². The van der Waals surface area contributed by atoms with E-state index in [4.69, 9.17) is 9.73 Å². The van der Waals surface area contributed by atoms with E-state index in [0.717, 1.165) is 5.71 Å². The first-order valence-corrected chi connectivity index (χ1v) is 5.55. The highest BCUT2D eigenvalue weighted by molar-refractivity contribution is 5.96. The second-order valence-electron chi connectivity index (χ2n) is 4.29. The Kier molecular flexibility index (Phi) is 3.12.